The molecule has 2 rings (SSSR count). The van der Waals surface area contributed by atoms with Gasteiger partial charge in [-0.15, -0.1) is 0 Å². The van der Waals surface area contributed by atoms with E-state index in [4.69, 9.17) is 23.2 Å². The van der Waals surface area contributed by atoms with Gasteiger partial charge in [-0.1, -0.05) is 29.3 Å². The Bertz CT molecular complexity index is 677. The molecule has 0 unspecified atom stereocenters. The first-order valence-electron chi connectivity index (χ1n) is 6.20. The maximum absolute atomic E-state index is 13.5. The highest BCUT2D eigenvalue weighted by molar-refractivity contribution is 6.33. The fourth-order valence-electron chi connectivity index (χ4n) is 1.72. The summed E-state index contributed by atoms with van der Waals surface area (Å²) in [6, 6.07) is 9.51. The van der Waals surface area contributed by atoms with E-state index in [2.05, 4.69) is 10.6 Å². The minimum atomic E-state index is -0.579. The molecule has 0 aliphatic carbocycles. The van der Waals surface area contributed by atoms with Gasteiger partial charge in [-0.05, 0) is 42.8 Å². The number of carbonyl (C=O) groups excluding carboxylic acids is 1. The molecular formula is C15H13Cl2FN2O. The summed E-state index contributed by atoms with van der Waals surface area (Å²) in [4.78, 5) is 11.8. The largest absolute Gasteiger partial charge is 0.375 e. The summed E-state index contributed by atoms with van der Waals surface area (Å²) in [6.07, 6.45) is 0. The second kappa shape index (κ2) is 6.78. The van der Waals surface area contributed by atoms with Crippen molar-refractivity contribution in [1.82, 2.24) is 0 Å². The fourth-order valence-corrected chi connectivity index (χ4v) is 2.18. The van der Waals surface area contributed by atoms with Gasteiger partial charge in [-0.2, -0.15) is 0 Å². The summed E-state index contributed by atoms with van der Waals surface area (Å²) >= 11 is 11.7. The minimum absolute atomic E-state index is 0.0230. The first-order chi connectivity index (χ1) is 9.95. The van der Waals surface area contributed by atoms with Crippen molar-refractivity contribution in [3.63, 3.8) is 0 Å². The summed E-state index contributed by atoms with van der Waals surface area (Å²) in [5.74, 6) is -0.961. The predicted octanol–water partition coefficient (Wildman–Crippen LogP) is 4.49. The third-order valence-corrected chi connectivity index (χ3v) is 3.32. The van der Waals surface area contributed by atoms with E-state index in [1.54, 1.807) is 12.1 Å². The maximum Gasteiger partial charge on any atom is 0.243 e. The third-order valence-electron chi connectivity index (χ3n) is 2.77. The molecule has 2 aromatic rings. The van der Waals surface area contributed by atoms with Gasteiger partial charge in [0.2, 0.25) is 5.91 Å². The molecule has 110 valence electrons. The lowest BCUT2D eigenvalue weighted by atomic mass is 10.2. The van der Waals surface area contributed by atoms with Crippen LogP contribution in [0.1, 0.15) is 5.56 Å². The van der Waals surface area contributed by atoms with Crippen molar-refractivity contribution in [2.24, 2.45) is 0 Å². The standard InChI is InChI=1S/C15H13Cl2FN2O/c1-9-2-4-13(11(17)6-9)19-8-15(21)20-14-5-3-10(16)7-12(14)18/h2-7,19H,8H2,1H3,(H,20,21). The number of benzene rings is 2. The van der Waals surface area contributed by atoms with Gasteiger partial charge in [-0.3, -0.25) is 4.79 Å². The number of nitrogens with one attached hydrogen (secondary N) is 2. The van der Waals surface area contributed by atoms with Crippen molar-refractivity contribution in [3.8, 4) is 0 Å². The van der Waals surface area contributed by atoms with Crippen molar-refractivity contribution in [2.45, 2.75) is 6.92 Å². The van der Waals surface area contributed by atoms with Crippen LogP contribution in [0, 0.1) is 12.7 Å². The molecule has 0 bridgehead atoms. The zero-order valence-electron chi connectivity index (χ0n) is 11.2. The molecule has 3 nitrogen and oxygen atoms in total. The molecule has 0 saturated carbocycles. The highest BCUT2D eigenvalue weighted by atomic mass is 35.5. The Morgan fingerprint density at radius 1 is 1.14 bits per heavy atom. The monoisotopic (exact) mass is 326 g/mol. The Labute approximate surface area is 132 Å². The molecule has 0 heterocycles. The summed E-state index contributed by atoms with van der Waals surface area (Å²) in [7, 11) is 0. The van der Waals surface area contributed by atoms with E-state index in [1.165, 1.54) is 12.1 Å². The van der Waals surface area contributed by atoms with Gasteiger partial charge < -0.3 is 10.6 Å². The zero-order valence-corrected chi connectivity index (χ0v) is 12.7. The van der Waals surface area contributed by atoms with Gasteiger partial charge in [0.1, 0.15) is 5.82 Å². The minimum Gasteiger partial charge on any atom is -0.375 e. The van der Waals surface area contributed by atoms with Gasteiger partial charge in [0, 0.05) is 5.02 Å². The Hall–Kier alpha value is -1.78. The van der Waals surface area contributed by atoms with Crippen LogP contribution in [0.4, 0.5) is 15.8 Å². The molecule has 21 heavy (non-hydrogen) atoms. The molecule has 0 atom stereocenters. The van der Waals surface area contributed by atoms with Crippen molar-refractivity contribution in [3.05, 3.63) is 57.8 Å². The van der Waals surface area contributed by atoms with Crippen molar-refractivity contribution in [2.75, 3.05) is 17.2 Å². The van der Waals surface area contributed by atoms with E-state index in [0.717, 1.165) is 11.6 Å². The number of amides is 1. The number of anilines is 2. The molecule has 2 N–H and O–H groups in total. The van der Waals surface area contributed by atoms with E-state index in [0.29, 0.717) is 10.7 Å². The normalized spacial score (nSPS) is 10.3. The number of aryl methyl sites for hydroxylation is 1. The summed E-state index contributed by atoms with van der Waals surface area (Å²) < 4.78 is 13.5. The lowest BCUT2D eigenvalue weighted by Gasteiger charge is -2.10. The van der Waals surface area contributed by atoms with Gasteiger partial charge in [0.25, 0.3) is 0 Å². The molecular weight excluding hydrogens is 314 g/mol. The highest BCUT2D eigenvalue weighted by Gasteiger charge is 2.08. The van der Waals surface area contributed by atoms with E-state index in [9.17, 15) is 9.18 Å². The Morgan fingerprint density at radius 3 is 2.52 bits per heavy atom. The van der Waals surface area contributed by atoms with Crippen molar-refractivity contribution >= 4 is 40.5 Å². The Balaban J connectivity index is 1.96. The van der Waals surface area contributed by atoms with E-state index >= 15 is 0 Å². The third kappa shape index (κ3) is 4.34. The number of hydrogen-bond donors (Lipinski definition) is 2. The molecule has 0 fully saturated rings. The highest BCUT2D eigenvalue weighted by Crippen LogP contribution is 2.22. The quantitative estimate of drug-likeness (QED) is 0.869. The van der Waals surface area contributed by atoms with Gasteiger partial charge in [-0.25, -0.2) is 4.39 Å². The Morgan fingerprint density at radius 2 is 1.86 bits per heavy atom. The van der Waals surface area contributed by atoms with Gasteiger partial charge in [0.05, 0.1) is 22.9 Å². The number of hydrogen-bond acceptors (Lipinski definition) is 2. The SMILES string of the molecule is Cc1ccc(NCC(=O)Nc2ccc(Cl)cc2F)c(Cl)c1. The molecule has 0 radical (unpaired) electrons. The predicted molar refractivity (Wildman–Crippen MR) is 84.7 cm³/mol. The number of carbonyl (C=O) groups is 1. The van der Waals surface area contributed by atoms with Crippen LogP contribution in [0.3, 0.4) is 0 Å². The summed E-state index contributed by atoms with van der Waals surface area (Å²) in [5, 5.41) is 6.16. The summed E-state index contributed by atoms with van der Waals surface area (Å²) in [5.41, 5.74) is 1.76. The lowest BCUT2D eigenvalue weighted by molar-refractivity contribution is -0.114. The number of rotatable bonds is 4. The van der Waals surface area contributed by atoms with E-state index in [-0.39, 0.29) is 23.2 Å². The first kappa shape index (κ1) is 15.6. The zero-order chi connectivity index (χ0) is 15.4. The van der Waals surface area contributed by atoms with Crippen LogP contribution in [-0.2, 0) is 4.79 Å². The topological polar surface area (TPSA) is 41.1 Å². The molecule has 0 aromatic heterocycles. The van der Waals surface area contributed by atoms with Crippen LogP contribution in [0.2, 0.25) is 10.0 Å². The summed E-state index contributed by atoms with van der Waals surface area (Å²) in [6.45, 7) is 1.90. The number of halogens is 3. The molecule has 0 aliphatic heterocycles. The second-order valence-electron chi connectivity index (χ2n) is 4.51. The van der Waals surface area contributed by atoms with Crippen molar-refractivity contribution < 1.29 is 9.18 Å². The molecule has 0 saturated heterocycles. The van der Waals surface area contributed by atoms with Crippen LogP contribution >= 0.6 is 23.2 Å². The lowest BCUT2D eigenvalue weighted by Crippen LogP contribution is -2.22. The van der Waals surface area contributed by atoms with Crippen LogP contribution in [0.5, 0.6) is 0 Å². The molecule has 6 heteroatoms. The average molecular weight is 327 g/mol. The molecule has 1 amide bonds. The van der Waals surface area contributed by atoms with Crippen LogP contribution in [0.15, 0.2) is 36.4 Å². The van der Waals surface area contributed by atoms with Crippen LogP contribution in [-0.4, -0.2) is 12.5 Å². The van der Waals surface area contributed by atoms with Crippen LogP contribution in [0.25, 0.3) is 0 Å². The maximum atomic E-state index is 13.5. The second-order valence-corrected chi connectivity index (χ2v) is 5.35. The molecule has 0 spiro atoms. The molecule has 2 aromatic carbocycles. The van der Waals surface area contributed by atoms with Gasteiger partial charge >= 0.3 is 0 Å². The Kier molecular flexibility index (Phi) is 5.04. The van der Waals surface area contributed by atoms with Crippen molar-refractivity contribution in [1.29, 1.82) is 0 Å². The smallest absolute Gasteiger partial charge is 0.243 e. The average Bonchev–Trinajstić information content (AvgIpc) is 2.41. The van der Waals surface area contributed by atoms with E-state index < -0.39 is 5.82 Å². The fraction of sp³-hybridized carbons (Fsp3) is 0.133. The first-order valence-corrected chi connectivity index (χ1v) is 6.96. The van der Waals surface area contributed by atoms with Gasteiger partial charge in [0.15, 0.2) is 0 Å². The van der Waals surface area contributed by atoms with Crippen LogP contribution < -0.4 is 10.6 Å². The molecule has 0 aliphatic rings. The van der Waals surface area contributed by atoms with E-state index in [1.807, 2.05) is 13.0 Å².